The van der Waals surface area contributed by atoms with E-state index in [0.29, 0.717) is 0 Å². The van der Waals surface area contributed by atoms with Gasteiger partial charge in [-0.3, -0.25) is 0 Å². The molecule has 0 aliphatic rings. The highest BCUT2D eigenvalue weighted by atomic mass is 32.1. The quantitative estimate of drug-likeness (QED) is 0.608. The van der Waals surface area contributed by atoms with Crippen LogP contribution < -0.4 is 0 Å². The summed E-state index contributed by atoms with van der Waals surface area (Å²) in [6.07, 6.45) is 7.66. The van der Waals surface area contributed by atoms with Gasteiger partial charge in [-0.1, -0.05) is 13.3 Å². The predicted octanol–water partition coefficient (Wildman–Crippen LogP) is 2.69. The summed E-state index contributed by atoms with van der Waals surface area (Å²) < 4.78 is 0. The van der Waals surface area contributed by atoms with Gasteiger partial charge in [-0.25, -0.2) is 4.98 Å². The van der Waals surface area contributed by atoms with Gasteiger partial charge in [-0.05, 0) is 19.3 Å². The van der Waals surface area contributed by atoms with Crippen LogP contribution in [0, 0.1) is 6.42 Å². The predicted molar refractivity (Wildman–Crippen MR) is 45.0 cm³/mol. The monoisotopic (exact) mass is 154 g/mol. The van der Waals surface area contributed by atoms with Crippen molar-refractivity contribution in [3.8, 4) is 0 Å². The van der Waals surface area contributed by atoms with E-state index in [-0.39, 0.29) is 0 Å². The first-order valence-electron chi connectivity index (χ1n) is 3.59. The Morgan fingerprint density at radius 2 is 2.60 bits per heavy atom. The molecule has 0 atom stereocenters. The highest BCUT2D eigenvalue weighted by molar-refractivity contribution is 7.09. The third kappa shape index (κ3) is 2.48. The molecule has 10 heavy (non-hydrogen) atoms. The van der Waals surface area contributed by atoms with Gasteiger partial charge in [0.15, 0.2) is 0 Å². The molecule has 0 spiro atoms. The highest BCUT2D eigenvalue weighted by Gasteiger charge is 1.92. The van der Waals surface area contributed by atoms with Crippen molar-refractivity contribution in [3.63, 3.8) is 0 Å². The van der Waals surface area contributed by atoms with Crippen LogP contribution in [0.3, 0.4) is 0 Å². The summed E-state index contributed by atoms with van der Waals surface area (Å²) in [6.45, 7) is 2.10. The molecule has 0 saturated carbocycles. The minimum absolute atomic E-state index is 1.14. The van der Waals surface area contributed by atoms with Crippen LogP contribution in [0.1, 0.15) is 24.8 Å². The molecular weight excluding hydrogens is 142 g/mol. The van der Waals surface area contributed by atoms with Crippen LogP contribution in [0.2, 0.25) is 0 Å². The molecule has 1 rings (SSSR count). The molecule has 0 unspecified atom stereocenters. The van der Waals surface area contributed by atoms with Crippen LogP contribution in [-0.4, -0.2) is 4.98 Å². The first-order valence-corrected chi connectivity index (χ1v) is 4.47. The fourth-order valence-electron chi connectivity index (χ4n) is 0.834. The molecule has 0 saturated heterocycles. The Morgan fingerprint density at radius 3 is 3.20 bits per heavy atom. The Kier molecular flexibility index (Phi) is 3.44. The van der Waals surface area contributed by atoms with Crippen molar-refractivity contribution in [2.45, 2.75) is 26.2 Å². The van der Waals surface area contributed by atoms with Gasteiger partial charge in [0.05, 0.1) is 5.01 Å². The van der Waals surface area contributed by atoms with Crippen molar-refractivity contribution in [2.75, 3.05) is 0 Å². The zero-order valence-electron chi connectivity index (χ0n) is 6.21. The molecule has 0 fully saturated rings. The second kappa shape index (κ2) is 4.45. The van der Waals surface area contributed by atoms with Crippen molar-refractivity contribution >= 4 is 11.3 Å². The van der Waals surface area contributed by atoms with E-state index in [1.165, 1.54) is 17.8 Å². The lowest BCUT2D eigenvalue weighted by Crippen LogP contribution is -1.82. The smallest absolute Gasteiger partial charge is 0.0924 e. The Labute approximate surface area is 66.1 Å². The molecule has 0 aliphatic carbocycles. The first-order chi connectivity index (χ1) is 4.93. The highest BCUT2D eigenvalue weighted by Crippen LogP contribution is 2.08. The third-order valence-corrected chi connectivity index (χ3v) is 2.21. The van der Waals surface area contributed by atoms with Crippen molar-refractivity contribution in [2.24, 2.45) is 0 Å². The minimum Gasteiger partial charge on any atom is -0.250 e. The summed E-state index contributed by atoms with van der Waals surface area (Å²) in [7, 11) is 0. The number of hydrogen-bond acceptors (Lipinski definition) is 2. The molecule has 0 aromatic carbocycles. The number of unbranched alkanes of at least 4 members (excludes halogenated alkanes) is 2. The molecule has 1 heterocycles. The van der Waals surface area contributed by atoms with E-state index in [9.17, 15) is 0 Å². The maximum absolute atomic E-state index is 4.19. The van der Waals surface area contributed by atoms with Gasteiger partial charge in [0.1, 0.15) is 0 Å². The van der Waals surface area contributed by atoms with E-state index >= 15 is 0 Å². The van der Waals surface area contributed by atoms with E-state index in [1.807, 2.05) is 11.6 Å². The van der Waals surface area contributed by atoms with Crippen LogP contribution in [-0.2, 0) is 6.42 Å². The summed E-state index contributed by atoms with van der Waals surface area (Å²) in [5.41, 5.74) is 0. The van der Waals surface area contributed by atoms with E-state index in [0.717, 1.165) is 6.42 Å². The molecule has 1 radical (unpaired) electrons. The summed E-state index contributed by atoms with van der Waals surface area (Å²) >= 11 is 1.75. The molecule has 0 bridgehead atoms. The number of aryl methyl sites for hydroxylation is 1. The standard InChI is InChI=1S/C8H12NS/c1-2-3-4-5-8-9-6-7-10-8/h2,6-7H,3-5H2,1H3. The maximum atomic E-state index is 4.19. The van der Waals surface area contributed by atoms with Crippen LogP contribution in [0.5, 0.6) is 0 Å². The lowest BCUT2D eigenvalue weighted by atomic mass is 10.2. The van der Waals surface area contributed by atoms with Crippen LogP contribution in [0.4, 0.5) is 0 Å². The number of thiazole rings is 1. The second-order valence-electron chi connectivity index (χ2n) is 2.23. The zero-order chi connectivity index (χ0) is 7.23. The topological polar surface area (TPSA) is 12.9 Å². The second-order valence-corrected chi connectivity index (χ2v) is 3.21. The van der Waals surface area contributed by atoms with E-state index < -0.39 is 0 Å². The molecule has 2 heteroatoms. The third-order valence-electron chi connectivity index (χ3n) is 1.37. The lowest BCUT2D eigenvalue weighted by Gasteiger charge is -1.92. The summed E-state index contributed by atoms with van der Waals surface area (Å²) in [4.78, 5) is 4.19. The van der Waals surface area contributed by atoms with Crippen LogP contribution in [0.25, 0.3) is 0 Å². The number of rotatable bonds is 4. The normalized spacial score (nSPS) is 10.1. The van der Waals surface area contributed by atoms with Crippen molar-refractivity contribution < 1.29 is 0 Å². The van der Waals surface area contributed by atoms with Gasteiger partial charge in [-0.15, -0.1) is 11.3 Å². The van der Waals surface area contributed by atoms with E-state index in [2.05, 4.69) is 18.3 Å². The van der Waals surface area contributed by atoms with Gasteiger partial charge < -0.3 is 0 Å². The molecule has 0 amide bonds. The lowest BCUT2D eigenvalue weighted by molar-refractivity contribution is 0.802. The Bertz CT molecular complexity index is 158. The molecule has 1 aromatic heterocycles. The largest absolute Gasteiger partial charge is 0.250 e. The Morgan fingerprint density at radius 1 is 1.70 bits per heavy atom. The van der Waals surface area contributed by atoms with Crippen molar-refractivity contribution in [1.82, 2.24) is 4.98 Å². The average Bonchev–Trinajstić information content (AvgIpc) is 2.41. The number of hydrogen-bond donors (Lipinski definition) is 0. The van der Waals surface area contributed by atoms with Gasteiger partial charge in [-0.2, -0.15) is 0 Å². The zero-order valence-corrected chi connectivity index (χ0v) is 7.03. The molecule has 55 valence electrons. The minimum atomic E-state index is 1.14. The summed E-state index contributed by atoms with van der Waals surface area (Å²) in [5.74, 6) is 0. The van der Waals surface area contributed by atoms with Gasteiger partial charge >= 0.3 is 0 Å². The van der Waals surface area contributed by atoms with Crippen LogP contribution in [0.15, 0.2) is 11.6 Å². The Balaban J connectivity index is 2.15. The fourth-order valence-corrected chi connectivity index (χ4v) is 1.50. The van der Waals surface area contributed by atoms with Crippen LogP contribution >= 0.6 is 11.3 Å². The molecule has 0 N–H and O–H groups in total. The SMILES string of the molecule is C[CH]CCCc1nccs1. The van der Waals surface area contributed by atoms with Gasteiger partial charge in [0.2, 0.25) is 0 Å². The van der Waals surface area contributed by atoms with Crippen molar-refractivity contribution in [3.05, 3.63) is 23.0 Å². The van der Waals surface area contributed by atoms with Gasteiger partial charge in [0, 0.05) is 11.6 Å². The molecule has 0 aliphatic heterocycles. The maximum Gasteiger partial charge on any atom is 0.0924 e. The van der Waals surface area contributed by atoms with Crippen molar-refractivity contribution in [1.29, 1.82) is 0 Å². The summed E-state index contributed by atoms with van der Waals surface area (Å²) in [5, 5.41) is 3.30. The Hall–Kier alpha value is -0.370. The number of aromatic nitrogens is 1. The van der Waals surface area contributed by atoms with Gasteiger partial charge in [0.25, 0.3) is 0 Å². The first kappa shape index (κ1) is 7.73. The molecular formula is C8H12NS. The fraction of sp³-hybridized carbons (Fsp3) is 0.500. The van der Waals surface area contributed by atoms with E-state index in [1.54, 1.807) is 11.3 Å². The molecule has 1 nitrogen and oxygen atoms in total. The average molecular weight is 154 g/mol. The number of nitrogens with zero attached hydrogens (tertiary/aromatic N) is 1. The molecule has 1 aromatic rings. The summed E-state index contributed by atoms with van der Waals surface area (Å²) in [6, 6.07) is 0. The van der Waals surface area contributed by atoms with E-state index in [4.69, 9.17) is 0 Å².